The van der Waals surface area contributed by atoms with Crippen molar-refractivity contribution < 1.29 is 0 Å². The van der Waals surface area contributed by atoms with Crippen LogP contribution in [0.5, 0.6) is 0 Å². The van der Waals surface area contributed by atoms with Crippen molar-refractivity contribution in [1.82, 2.24) is 0 Å². The maximum absolute atomic E-state index is 4.89. The third-order valence-corrected chi connectivity index (χ3v) is 3.92. The predicted molar refractivity (Wildman–Crippen MR) is 115 cm³/mol. The molecule has 2 aromatic rings. The highest BCUT2D eigenvalue weighted by atomic mass is 14.8. The predicted octanol–water partition coefficient (Wildman–Crippen LogP) is 6.78. The van der Waals surface area contributed by atoms with Crippen LogP contribution in [-0.4, -0.2) is 5.71 Å². The fourth-order valence-corrected chi connectivity index (χ4v) is 2.47. The second-order valence-corrected chi connectivity index (χ2v) is 5.84. The number of rotatable bonds is 7. The van der Waals surface area contributed by atoms with Gasteiger partial charge in [-0.25, -0.2) is 0 Å². The Hall–Kier alpha value is -3.19. The average Bonchev–Trinajstić information content (AvgIpc) is 2.69. The van der Waals surface area contributed by atoms with Crippen LogP contribution in [0.15, 0.2) is 120 Å². The number of allylic oxidation sites excluding steroid dienone is 7. The summed E-state index contributed by atoms with van der Waals surface area (Å²) in [5.41, 5.74) is 5.86. The van der Waals surface area contributed by atoms with Gasteiger partial charge in [0.2, 0.25) is 0 Å². The molecule has 0 saturated carbocycles. The van der Waals surface area contributed by atoms with Crippen LogP contribution in [0.1, 0.15) is 25.0 Å². The monoisotopic (exact) mass is 339 g/mol. The Kier molecular flexibility index (Phi) is 7.32. The summed E-state index contributed by atoms with van der Waals surface area (Å²) in [6.45, 7) is 12.1. The average molecular weight is 339 g/mol. The Labute approximate surface area is 157 Å². The number of aliphatic imine (C=N–C) groups is 1. The van der Waals surface area contributed by atoms with Crippen LogP contribution in [0.3, 0.4) is 0 Å². The van der Waals surface area contributed by atoms with Crippen molar-refractivity contribution in [3.8, 4) is 0 Å². The molecule has 0 unspecified atom stereocenters. The lowest BCUT2D eigenvalue weighted by Crippen LogP contribution is -1.96. The summed E-state index contributed by atoms with van der Waals surface area (Å²) in [5.74, 6) is 0. The Morgan fingerprint density at radius 2 is 1.50 bits per heavy atom. The molecule has 0 fully saturated rings. The van der Waals surface area contributed by atoms with Gasteiger partial charge < -0.3 is 0 Å². The van der Waals surface area contributed by atoms with Crippen LogP contribution in [0.25, 0.3) is 5.70 Å². The normalized spacial score (nSPS) is 13.1. The summed E-state index contributed by atoms with van der Waals surface area (Å²) in [5, 5.41) is 0. The molecule has 0 aliphatic carbocycles. The molecule has 0 radical (unpaired) electrons. The van der Waals surface area contributed by atoms with Crippen molar-refractivity contribution in [2.24, 2.45) is 4.99 Å². The summed E-state index contributed by atoms with van der Waals surface area (Å²) in [4.78, 5) is 4.89. The van der Waals surface area contributed by atoms with E-state index in [4.69, 9.17) is 4.99 Å². The fourth-order valence-electron chi connectivity index (χ4n) is 2.47. The Bertz CT molecular complexity index is 863. The van der Waals surface area contributed by atoms with Gasteiger partial charge in [-0.2, -0.15) is 0 Å². The quantitative estimate of drug-likeness (QED) is 0.389. The second kappa shape index (κ2) is 9.95. The Morgan fingerprint density at radius 3 is 2.04 bits per heavy atom. The molecule has 0 aliphatic heterocycles. The minimum atomic E-state index is 0.876. The Morgan fingerprint density at radius 1 is 0.923 bits per heavy atom. The van der Waals surface area contributed by atoms with Crippen LogP contribution in [0.2, 0.25) is 0 Å². The molecule has 130 valence electrons. The van der Waals surface area contributed by atoms with Gasteiger partial charge in [0.15, 0.2) is 0 Å². The highest BCUT2D eigenvalue weighted by molar-refractivity contribution is 6.01. The number of hydrogen-bond acceptors (Lipinski definition) is 1. The van der Waals surface area contributed by atoms with E-state index in [1.54, 1.807) is 0 Å². The van der Waals surface area contributed by atoms with Crippen molar-refractivity contribution in [3.05, 3.63) is 126 Å². The topological polar surface area (TPSA) is 12.4 Å². The molecule has 0 aromatic heterocycles. The van der Waals surface area contributed by atoms with E-state index in [0.717, 1.165) is 33.7 Å². The maximum atomic E-state index is 4.89. The van der Waals surface area contributed by atoms with Crippen molar-refractivity contribution in [1.29, 1.82) is 0 Å². The molecule has 0 saturated heterocycles. The number of benzene rings is 2. The molecule has 1 nitrogen and oxygen atoms in total. The molecule has 1 heteroatoms. The molecule has 0 spiro atoms. The molecule has 26 heavy (non-hydrogen) atoms. The smallest absolute Gasteiger partial charge is 0.0711 e. The first-order valence-corrected chi connectivity index (χ1v) is 8.68. The first-order valence-electron chi connectivity index (χ1n) is 8.68. The van der Waals surface area contributed by atoms with Gasteiger partial charge in [-0.3, -0.25) is 4.99 Å². The second-order valence-electron chi connectivity index (χ2n) is 5.84. The van der Waals surface area contributed by atoms with Crippen molar-refractivity contribution >= 4 is 11.4 Å². The van der Waals surface area contributed by atoms with Crippen molar-refractivity contribution in [2.75, 3.05) is 0 Å². The first-order chi connectivity index (χ1) is 12.7. The zero-order valence-electron chi connectivity index (χ0n) is 15.5. The van der Waals surface area contributed by atoms with Gasteiger partial charge in [-0.05, 0) is 36.6 Å². The van der Waals surface area contributed by atoms with Crippen molar-refractivity contribution in [3.63, 3.8) is 0 Å². The molecule has 0 atom stereocenters. The van der Waals surface area contributed by atoms with Crippen LogP contribution in [0, 0.1) is 0 Å². The van der Waals surface area contributed by atoms with E-state index in [1.165, 1.54) is 0 Å². The molecule has 0 aliphatic rings. The van der Waals surface area contributed by atoms with E-state index >= 15 is 0 Å². The van der Waals surface area contributed by atoms with Gasteiger partial charge in [0, 0.05) is 11.3 Å². The molecule has 2 rings (SSSR count). The summed E-state index contributed by atoms with van der Waals surface area (Å²) >= 11 is 0. The largest absolute Gasteiger partial charge is 0.252 e. The van der Waals surface area contributed by atoms with Gasteiger partial charge in [0.05, 0.1) is 5.70 Å². The summed E-state index contributed by atoms with van der Waals surface area (Å²) < 4.78 is 0. The molecule has 0 bridgehead atoms. The third-order valence-electron chi connectivity index (χ3n) is 3.92. The van der Waals surface area contributed by atoms with Crippen molar-refractivity contribution in [2.45, 2.75) is 13.8 Å². The van der Waals surface area contributed by atoms with Gasteiger partial charge in [-0.15, -0.1) is 0 Å². The van der Waals surface area contributed by atoms with Crippen LogP contribution < -0.4 is 0 Å². The summed E-state index contributed by atoms with van der Waals surface area (Å²) in [6, 6.07) is 20.3. The zero-order valence-corrected chi connectivity index (χ0v) is 15.5. The minimum Gasteiger partial charge on any atom is -0.252 e. The van der Waals surface area contributed by atoms with Gasteiger partial charge >= 0.3 is 0 Å². The lowest BCUT2D eigenvalue weighted by Gasteiger charge is -2.08. The van der Waals surface area contributed by atoms with E-state index in [1.807, 2.05) is 80.6 Å². The van der Waals surface area contributed by atoms with E-state index in [2.05, 4.69) is 37.4 Å². The van der Waals surface area contributed by atoms with Crippen LogP contribution >= 0.6 is 0 Å². The van der Waals surface area contributed by atoms with Crippen LogP contribution in [0.4, 0.5) is 0 Å². The zero-order chi connectivity index (χ0) is 18.8. The molecule has 0 N–H and O–H groups in total. The van der Waals surface area contributed by atoms with E-state index in [9.17, 15) is 0 Å². The Balaban J connectivity index is 2.48. The van der Waals surface area contributed by atoms with E-state index in [-0.39, 0.29) is 0 Å². The van der Waals surface area contributed by atoms with E-state index < -0.39 is 0 Å². The molecular formula is C25H25N. The van der Waals surface area contributed by atoms with Crippen LogP contribution in [-0.2, 0) is 0 Å². The molecular weight excluding hydrogens is 314 g/mol. The third kappa shape index (κ3) is 5.42. The van der Waals surface area contributed by atoms with Gasteiger partial charge in [0.1, 0.15) is 0 Å². The fraction of sp³-hybridized carbons (Fsp3) is 0.0800. The van der Waals surface area contributed by atoms with Gasteiger partial charge in [-0.1, -0.05) is 98.1 Å². The minimum absolute atomic E-state index is 0.876. The highest BCUT2D eigenvalue weighted by Crippen LogP contribution is 2.22. The highest BCUT2D eigenvalue weighted by Gasteiger charge is 2.05. The van der Waals surface area contributed by atoms with E-state index in [0.29, 0.717) is 0 Å². The number of nitrogens with zero attached hydrogens (tertiary/aromatic N) is 1. The maximum Gasteiger partial charge on any atom is 0.0711 e. The SMILES string of the molecule is C=C/C(=C\C=C/C)C(=C)/C=C(\N=C(C)c1ccccc1)c1ccccc1. The lowest BCUT2D eigenvalue weighted by molar-refractivity contribution is 1.45. The summed E-state index contributed by atoms with van der Waals surface area (Å²) in [7, 11) is 0. The standard InChI is InChI=1S/C25H25N/c1-5-7-14-22(6-2)20(3)19-25(24-17-12-9-13-18-24)26-21(4)23-15-10-8-11-16-23/h5-19H,2-3H2,1,4H3/b7-5-,22-14+,25-19-,26-21?. The summed E-state index contributed by atoms with van der Waals surface area (Å²) in [6.07, 6.45) is 9.79. The molecule has 0 heterocycles. The lowest BCUT2D eigenvalue weighted by atomic mass is 10.0. The van der Waals surface area contributed by atoms with Gasteiger partial charge in [0.25, 0.3) is 0 Å². The first kappa shape index (κ1) is 19.1. The molecule has 2 aromatic carbocycles. The number of hydrogen-bond donors (Lipinski definition) is 0. The molecule has 0 amide bonds.